The summed E-state index contributed by atoms with van der Waals surface area (Å²) >= 11 is 0. The Balaban J connectivity index is 1.76. The van der Waals surface area contributed by atoms with Crippen LogP contribution in [0, 0.1) is 0 Å². The zero-order chi connectivity index (χ0) is 15.8. The predicted octanol–water partition coefficient (Wildman–Crippen LogP) is 3.87. The molecular formula is C18H16N4O. The van der Waals surface area contributed by atoms with Crippen molar-refractivity contribution in [2.45, 2.75) is 0 Å². The Labute approximate surface area is 133 Å². The number of benzene rings is 2. The Morgan fingerprint density at radius 1 is 1.04 bits per heavy atom. The highest BCUT2D eigenvalue weighted by Crippen LogP contribution is 2.27. The standard InChI is InChI=1S/C18H16N4O/c1-22-8-7-12-9-13(3-6-17(12)22)21-18-15-5-4-14(23-2)10-16(15)19-11-20-18/h3-11H,1-2H3,(H,19,20,21). The summed E-state index contributed by atoms with van der Waals surface area (Å²) in [4.78, 5) is 8.69. The van der Waals surface area contributed by atoms with Crippen molar-refractivity contribution in [2.24, 2.45) is 7.05 Å². The number of methoxy groups -OCH3 is 1. The summed E-state index contributed by atoms with van der Waals surface area (Å²) in [5.41, 5.74) is 3.05. The maximum Gasteiger partial charge on any atom is 0.141 e. The van der Waals surface area contributed by atoms with Crippen LogP contribution in [-0.4, -0.2) is 21.6 Å². The van der Waals surface area contributed by atoms with Crippen LogP contribution in [0.4, 0.5) is 11.5 Å². The Morgan fingerprint density at radius 2 is 1.96 bits per heavy atom. The molecule has 5 heteroatoms. The first-order valence-corrected chi connectivity index (χ1v) is 7.35. The molecule has 0 aliphatic rings. The number of ether oxygens (including phenoxy) is 1. The lowest BCUT2D eigenvalue weighted by Crippen LogP contribution is -1.96. The third-order valence-corrected chi connectivity index (χ3v) is 3.99. The van der Waals surface area contributed by atoms with Gasteiger partial charge < -0.3 is 14.6 Å². The molecular weight excluding hydrogens is 288 g/mol. The Hall–Kier alpha value is -3.08. The van der Waals surface area contributed by atoms with Crippen LogP contribution < -0.4 is 10.1 Å². The molecule has 1 N–H and O–H groups in total. The number of hydrogen-bond donors (Lipinski definition) is 1. The van der Waals surface area contributed by atoms with Crippen molar-refractivity contribution < 1.29 is 4.74 Å². The normalized spacial score (nSPS) is 11.0. The van der Waals surface area contributed by atoms with Gasteiger partial charge in [-0.1, -0.05) is 0 Å². The summed E-state index contributed by atoms with van der Waals surface area (Å²) in [5.74, 6) is 1.57. The van der Waals surface area contributed by atoms with Crippen LogP contribution in [0.3, 0.4) is 0 Å². The first-order valence-electron chi connectivity index (χ1n) is 7.35. The third-order valence-electron chi connectivity index (χ3n) is 3.99. The highest BCUT2D eigenvalue weighted by Gasteiger charge is 2.06. The Morgan fingerprint density at radius 3 is 2.83 bits per heavy atom. The van der Waals surface area contributed by atoms with Gasteiger partial charge in [-0.15, -0.1) is 0 Å². The van der Waals surface area contributed by atoms with Crippen LogP contribution in [0.5, 0.6) is 5.75 Å². The molecule has 0 aliphatic carbocycles. The van der Waals surface area contributed by atoms with Crippen LogP contribution in [0.2, 0.25) is 0 Å². The van der Waals surface area contributed by atoms with Gasteiger partial charge in [0.25, 0.3) is 0 Å². The van der Waals surface area contributed by atoms with Crippen LogP contribution in [0.1, 0.15) is 0 Å². The van der Waals surface area contributed by atoms with Gasteiger partial charge in [0.15, 0.2) is 0 Å². The van der Waals surface area contributed by atoms with Crippen molar-refractivity contribution in [3.63, 3.8) is 0 Å². The maximum absolute atomic E-state index is 5.25. The number of rotatable bonds is 3. The predicted molar refractivity (Wildman–Crippen MR) is 92.3 cm³/mol. The molecule has 0 atom stereocenters. The molecule has 2 heterocycles. The second kappa shape index (κ2) is 5.28. The molecule has 0 radical (unpaired) electrons. The van der Waals surface area contributed by atoms with Crippen molar-refractivity contribution in [3.8, 4) is 5.75 Å². The first-order chi connectivity index (χ1) is 11.2. The van der Waals surface area contributed by atoms with Crippen molar-refractivity contribution in [1.82, 2.24) is 14.5 Å². The van der Waals surface area contributed by atoms with Gasteiger partial charge in [0.1, 0.15) is 17.9 Å². The zero-order valence-corrected chi connectivity index (χ0v) is 12.9. The van der Waals surface area contributed by atoms with E-state index in [1.54, 1.807) is 13.4 Å². The van der Waals surface area contributed by atoms with Crippen LogP contribution in [0.15, 0.2) is 55.0 Å². The van der Waals surface area contributed by atoms with Gasteiger partial charge in [-0.2, -0.15) is 0 Å². The van der Waals surface area contributed by atoms with Crippen LogP contribution in [-0.2, 0) is 7.05 Å². The molecule has 0 aliphatic heterocycles. The van der Waals surface area contributed by atoms with E-state index in [9.17, 15) is 0 Å². The van der Waals surface area contributed by atoms with Crippen molar-refractivity contribution in [1.29, 1.82) is 0 Å². The van der Waals surface area contributed by atoms with E-state index in [2.05, 4.69) is 50.3 Å². The quantitative estimate of drug-likeness (QED) is 0.624. The van der Waals surface area contributed by atoms with Gasteiger partial charge >= 0.3 is 0 Å². The van der Waals surface area contributed by atoms with Gasteiger partial charge in [0.2, 0.25) is 0 Å². The minimum absolute atomic E-state index is 0.785. The zero-order valence-electron chi connectivity index (χ0n) is 12.9. The van der Waals surface area contributed by atoms with Crippen molar-refractivity contribution in [3.05, 3.63) is 55.0 Å². The number of nitrogens with zero attached hydrogens (tertiary/aromatic N) is 3. The summed E-state index contributed by atoms with van der Waals surface area (Å²) < 4.78 is 7.35. The van der Waals surface area contributed by atoms with Crippen molar-refractivity contribution in [2.75, 3.05) is 12.4 Å². The minimum Gasteiger partial charge on any atom is -0.497 e. The molecule has 4 rings (SSSR count). The number of nitrogens with one attached hydrogen (secondary N) is 1. The average Bonchev–Trinajstić information content (AvgIpc) is 2.95. The monoisotopic (exact) mass is 304 g/mol. The lowest BCUT2D eigenvalue weighted by Gasteiger charge is -2.09. The fourth-order valence-electron chi connectivity index (χ4n) is 2.76. The van der Waals surface area contributed by atoms with Gasteiger partial charge in [-0.05, 0) is 36.4 Å². The van der Waals surface area contributed by atoms with E-state index in [1.807, 2.05) is 25.2 Å². The molecule has 114 valence electrons. The molecule has 4 aromatic rings. The lowest BCUT2D eigenvalue weighted by molar-refractivity contribution is 0.415. The minimum atomic E-state index is 0.785. The van der Waals surface area contributed by atoms with Crippen molar-refractivity contribution >= 4 is 33.3 Å². The second-order valence-electron chi connectivity index (χ2n) is 5.43. The Bertz CT molecular complexity index is 1010. The number of aryl methyl sites for hydroxylation is 1. The number of aromatic nitrogens is 3. The van der Waals surface area contributed by atoms with Gasteiger partial charge in [-0.25, -0.2) is 9.97 Å². The third kappa shape index (κ3) is 2.36. The molecule has 2 aromatic carbocycles. The SMILES string of the molecule is COc1ccc2c(Nc3ccc4c(ccn4C)c3)ncnc2c1. The molecule has 2 aromatic heterocycles. The first kappa shape index (κ1) is 13.6. The molecule has 0 spiro atoms. The van der Waals surface area contributed by atoms with Crippen LogP contribution in [0.25, 0.3) is 21.8 Å². The van der Waals surface area contributed by atoms with E-state index in [-0.39, 0.29) is 0 Å². The highest BCUT2D eigenvalue weighted by atomic mass is 16.5. The molecule has 23 heavy (non-hydrogen) atoms. The highest BCUT2D eigenvalue weighted by molar-refractivity contribution is 5.92. The van der Waals surface area contributed by atoms with E-state index < -0.39 is 0 Å². The molecule has 5 nitrogen and oxygen atoms in total. The van der Waals surface area contributed by atoms with Gasteiger partial charge in [-0.3, -0.25) is 0 Å². The molecule has 0 saturated heterocycles. The van der Waals surface area contributed by atoms with E-state index >= 15 is 0 Å². The van der Waals surface area contributed by atoms with Gasteiger partial charge in [0, 0.05) is 41.3 Å². The maximum atomic E-state index is 5.25. The smallest absolute Gasteiger partial charge is 0.141 e. The number of hydrogen-bond acceptors (Lipinski definition) is 4. The summed E-state index contributed by atoms with van der Waals surface area (Å²) in [6.07, 6.45) is 3.62. The molecule has 0 amide bonds. The lowest BCUT2D eigenvalue weighted by atomic mass is 10.2. The topological polar surface area (TPSA) is 52.0 Å². The van der Waals surface area contributed by atoms with E-state index in [1.165, 1.54) is 10.9 Å². The molecule has 0 saturated carbocycles. The summed E-state index contributed by atoms with van der Waals surface area (Å²) in [6, 6.07) is 14.2. The molecule has 0 bridgehead atoms. The van der Waals surface area contributed by atoms with Crippen LogP contribution >= 0.6 is 0 Å². The van der Waals surface area contributed by atoms with Gasteiger partial charge in [0.05, 0.1) is 12.6 Å². The summed E-state index contributed by atoms with van der Waals surface area (Å²) in [7, 11) is 3.69. The van der Waals surface area contributed by atoms with E-state index in [0.29, 0.717) is 0 Å². The summed E-state index contributed by atoms with van der Waals surface area (Å²) in [5, 5.41) is 5.54. The number of anilines is 2. The average molecular weight is 304 g/mol. The fraction of sp³-hybridized carbons (Fsp3) is 0.111. The second-order valence-corrected chi connectivity index (χ2v) is 5.43. The molecule has 0 unspecified atom stereocenters. The van der Waals surface area contributed by atoms with E-state index in [4.69, 9.17) is 4.74 Å². The number of fused-ring (bicyclic) bond motifs is 2. The fourth-order valence-corrected chi connectivity index (χ4v) is 2.76. The summed E-state index contributed by atoms with van der Waals surface area (Å²) in [6.45, 7) is 0. The largest absolute Gasteiger partial charge is 0.497 e. The Kier molecular flexibility index (Phi) is 3.12. The van der Waals surface area contributed by atoms with E-state index in [0.717, 1.165) is 28.2 Å². The molecule has 0 fully saturated rings.